The number of benzene rings is 1. The van der Waals surface area contributed by atoms with Crippen LogP contribution in [-0.2, 0) is 0 Å². The Labute approximate surface area is 119 Å². The van der Waals surface area contributed by atoms with Crippen molar-refractivity contribution >= 4 is 5.82 Å². The number of anilines is 1. The van der Waals surface area contributed by atoms with Gasteiger partial charge in [-0.25, -0.2) is 4.98 Å². The predicted molar refractivity (Wildman–Crippen MR) is 82.1 cm³/mol. The van der Waals surface area contributed by atoms with Crippen LogP contribution >= 0.6 is 0 Å². The minimum absolute atomic E-state index is 0.0411. The Bertz CT molecular complexity index is 646. The molecule has 106 valence electrons. The SMILES string of the molecule is Cc1ccccc1C(C)Nc1nccn(C(C)C)c1=O. The lowest BCUT2D eigenvalue weighted by atomic mass is 10.0. The first-order chi connectivity index (χ1) is 9.50. The zero-order chi connectivity index (χ0) is 14.7. The van der Waals surface area contributed by atoms with Crippen molar-refractivity contribution < 1.29 is 0 Å². The number of aryl methyl sites for hydroxylation is 1. The molecule has 0 amide bonds. The fourth-order valence-corrected chi connectivity index (χ4v) is 2.29. The first-order valence-corrected chi connectivity index (χ1v) is 6.90. The fraction of sp³-hybridized carbons (Fsp3) is 0.375. The molecule has 0 aliphatic heterocycles. The molecular formula is C16H21N3O. The Morgan fingerprint density at radius 2 is 1.90 bits per heavy atom. The summed E-state index contributed by atoms with van der Waals surface area (Å²) in [6, 6.07) is 8.32. The van der Waals surface area contributed by atoms with Crippen LogP contribution in [0, 0.1) is 6.92 Å². The van der Waals surface area contributed by atoms with Crippen LogP contribution in [0.15, 0.2) is 41.5 Å². The van der Waals surface area contributed by atoms with Crippen LogP contribution in [0.25, 0.3) is 0 Å². The number of hydrogen-bond donors (Lipinski definition) is 1. The van der Waals surface area contributed by atoms with E-state index in [0.29, 0.717) is 5.82 Å². The number of aromatic nitrogens is 2. The molecule has 1 atom stereocenters. The Hall–Kier alpha value is -2.10. The maximum atomic E-state index is 12.3. The second-order valence-electron chi connectivity index (χ2n) is 5.30. The van der Waals surface area contributed by atoms with E-state index < -0.39 is 0 Å². The maximum Gasteiger partial charge on any atom is 0.293 e. The molecule has 20 heavy (non-hydrogen) atoms. The van der Waals surface area contributed by atoms with E-state index in [2.05, 4.69) is 29.4 Å². The third-order valence-electron chi connectivity index (χ3n) is 3.43. The van der Waals surface area contributed by atoms with Gasteiger partial charge in [0, 0.05) is 18.4 Å². The monoisotopic (exact) mass is 271 g/mol. The summed E-state index contributed by atoms with van der Waals surface area (Å²) < 4.78 is 1.68. The second kappa shape index (κ2) is 5.90. The van der Waals surface area contributed by atoms with Gasteiger partial charge in [-0.15, -0.1) is 0 Å². The molecule has 2 aromatic rings. The van der Waals surface area contributed by atoms with Gasteiger partial charge < -0.3 is 9.88 Å². The van der Waals surface area contributed by atoms with Crippen molar-refractivity contribution in [1.82, 2.24) is 9.55 Å². The third-order valence-corrected chi connectivity index (χ3v) is 3.43. The quantitative estimate of drug-likeness (QED) is 0.928. The normalized spacial score (nSPS) is 12.4. The van der Waals surface area contributed by atoms with E-state index in [0.717, 1.165) is 0 Å². The summed E-state index contributed by atoms with van der Waals surface area (Å²) in [5.74, 6) is 0.400. The molecule has 0 saturated carbocycles. The summed E-state index contributed by atoms with van der Waals surface area (Å²) >= 11 is 0. The van der Waals surface area contributed by atoms with Crippen molar-refractivity contribution in [3.8, 4) is 0 Å². The van der Waals surface area contributed by atoms with Crippen molar-refractivity contribution in [2.45, 2.75) is 39.8 Å². The first-order valence-electron chi connectivity index (χ1n) is 6.90. The number of nitrogens with zero attached hydrogens (tertiary/aromatic N) is 2. The lowest BCUT2D eigenvalue weighted by molar-refractivity contribution is 0.574. The average molecular weight is 271 g/mol. The molecule has 1 aromatic heterocycles. The van der Waals surface area contributed by atoms with E-state index in [-0.39, 0.29) is 17.6 Å². The zero-order valence-corrected chi connectivity index (χ0v) is 12.4. The molecule has 4 heteroatoms. The minimum atomic E-state index is -0.0806. The van der Waals surface area contributed by atoms with Crippen LogP contribution in [0.3, 0.4) is 0 Å². The van der Waals surface area contributed by atoms with Gasteiger partial charge >= 0.3 is 0 Å². The smallest absolute Gasteiger partial charge is 0.293 e. The van der Waals surface area contributed by atoms with Gasteiger partial charge in [-0.2, -0.15) is 0 Å². The lowest BCUT2D eigenvalue weighted by Crippen LogP contribution is -2.26. The van der Waals surface area contributed by atoms with E-state index in [1.54, 1.807) is 17.0 Å². The van der Waals surface area contributed by atoms with Gasteiger partial charge in [0.25, 0.3) is 5.56 Å². The van der Waals surface area contributed by atoms with E-state index in [1.807, 2.05) is 32.9 Å². The molecule has 1 N–H and O–H groups in total. The van der Waals surface area contributed by atoms with Gasteiger partial charge in [-0.3, -0.25) is 4.79 Å². The van der Waals surface area contributed by atoms with Crippen molar-refractivity contribution in [3.63, 3.8) is 0 Å². The van der Waals surface area contributed by atoms with Gasteiger partial charge in [-0.1, -0.05) is 24.3 Å². The number of hydrogen-bond acceptors (Lipinski definition) is 3. The second-order valence-corrected chi connectivity index (χ2v) is 5.30. The first kappa shape index (κ1) is 14.3. The number of nitrogens with one attached hydrogen (secondary N) is 1. The van der Waals surface area contributed by atoms with Gasteiger partial charge in [0.15, 0.2) is 5.82 Å². The molecule has 1 heterocycles. The molecule has 2 rings (SSSR count). The van der Waals surface area contributed by atoms with Crippen LogP contribution in [-0.4, -0.2) is 9.55 Å². The average Bonchev–Trinajstić information content (AvgIpc) is 2.41. The van der Waals surface area contributed by atoms with Gasteiger partial charge in [0.05, 0.1) is 6.04 Å². The van der Waals surface area contributed by atoms with E-state index in [9.17, 15) is 4.79 Å². The topological polar surface area (TPSA) is 46.9 Å². The molecule has 1 unspecified atom stereocenters. The maximum absolute atomic E-state index is 12.3. The molecule has 1 aromatic carbocycles. The van der Waals surface area contributed by atoms with Gasteiger partial charge in [-0.05, 0) is 38.8 Å². The molecule has 0 aliphatic rings. The largest absolute Gasteiger partial charge is 0.359 e. The summed E-state index contributed by atoms with van der Waals surface area (Å²) in [4.78, 5) is 16.5. The highest BCUT2D eigenvalue weighted by Gasteiger charge is 2.12. The van der Waals surface area contributed by atoms with Crippen molar-refractivity contribution in [2.24, 2.45) is 0 Å². The highest BCUT2D eigenvalue weighted by molar-refractivity contribution is 5.38. The van der Waals surface area contributed by atoms with E-state index >= 15 is 0 Å². The summed E-state index contributed by atoms with van der Waals surface area (Å²) in [6.07, 6.45) is 3.38. The Balaban J connectivity index is 2.29. The zero-order valence-electron chi connectivity index (χ0n) is 12.4. The van der Waals surface area contributed by atoms with Crippen molar-refractivity contribution in [3.05, 3.63) is 58.1 Å². The molecule has 4 nitrogen and oxygen atoms in total. The summed E-state index contributed by atoms with van der Waals surface area (Å²) in [7, 11) is 0. The standard InChI is InChI=1S/C16H21N3O/c1-11(2)19-10-9-17-15(16(19)20)18-13(4)14-8-6-5-7-12(14)3/h5-11,13H,1-4H3,(H,17,18). The summed E-state index contributed by atoms with van der Waals surface area (Å²) in [6.45, 7) is 8.07. The highest BCUT2D eigenvalue weighted by Crippen LogP contribution is 2.19. The molecule has 0 radical (unpaired) electrons. The number of rotatable bonds is 4. The lowest BCUT2D eigenvalue weighted by Gasteiger charge is -2.18. The predicted octanol–water partition coefficient (Wildman–Crippen LogP) is 3.31. The van der Waals surface area contributed by atoms with Crippen LogP contribution < -0.4 is 10.9 Å². The van der Waals surface area contributed by atoms with Crippen LogP contribution in [0.5, 0.6) is 0 Å². The van der Waals surface area contributed by atoms with E-state index in [4.69, 9.17) is 0 Å². The molecular weight excluding hydrogens is 250 g/mol. The fourth-order valence-electron chi connectivity index (χ4n) is 2.29. The van der Waals surface area contributed by atoms with Crippen LogP contribution in [0.4, 0.5) is 5.82 Å². The van der Waals surface area contributed by atoms with Crippen LogP contribution in [0.1, 0.15) is 44.0 Å². The molecule has 0 bridgehead atoms. The minimum Gasteiger partial charge on any atom is -0.359 e. The van der Waals surface area contributed by atoms with Gasteiger partial charge in [0.1, 0.15) is 0 Å². The molecule has 0 spiro atoms. The molecule has 0 saturated heterocycles. The molecule has 0 fully saturated rings. The third kappa shape index (κ3) is 2.90. The summed E-state index contributed by atoms with van der Waals surface area (Å²) in [5.41, 5.74) is 2.30. The van der Waals surface area contributed by atoms with Crippen LogP contribution in [0.2, 0.25) is 0 Å². The van der Waals surface area contributed by atoms with Gasteiger partial charge in [0.2, 0.25) is 0 Å². The highest BCUT2D eigenvalue weighted by atomic mass is 16.1. The Morgan fingerprint density at radius 1 is 1.20 bits per heavy atom. The summed E-state index contributed by atoms with van der Waals surface area (Å²) in [5, 5.41) is 3.22. The van der Waals surface area contributed by atoms with E-state index in [1.165, 1.54) is 11.1 Å². The Kier molecular flexibility index (Phi) is 4.23. The molecule has 0 aliphatic carbocycles. The van der Waals surface area contributed by atoms with Crippen molar-refractivity contribution in [2.75, 3.05) is 5.32 Å². The van der Waals surface area contributed by atoms with Crippen molar-refractivity contribution in [1.29, 1.82) is 0 Å². The Morgan fingerprint density at radius 3 is 2.55 bits per heavy atom.